The number of hydrogen-bond acceptors (Lipinski definition) is 12. The highest BCUT2D eigenvalue weighted by Crippen LogP contribution is 2.35. The van der Waals surface area contributed by atoms with Gasteiger partial charge in [-0.15, -0.1) is 5.10 Å². The topological polar surface area (TPSA) is 139 Å². The van der Waals surface area contributed by atoms with E-state index >= 15 is 0 Å². The van der Waals surface area contributed by atoms with E-state index in [1.165, 1.54) is 6.33 Å². The SMILES string of the molecule is C[C@@H](Cn1cncn1)Oc1cc(-c2cnc(Nc3cn(C4CCC(N5CCOCC5)CC4)nc3OCC3NC=CO3)nc2)ccc1Cl. The molecule has 0 spiro atoms. The summed E-state index contributed by atoms with van der Waals surface area (Å²) in [5, 5.41) is 16.0. The molecule has 1 saturated heterocycles. The second-order valence-corrected chi connectivity index (χ2v) is 12.4. The third kappa shape index (κ3) is 7.77. The van der Waals surface area contributed by atoms with Crippen LogP contribution in [0.5, 0.6) is 11.6 Å². The number of nitrogens with one attached hydrogen (secondary N) is 2. The van der Waals surface area contributed by atoms with Crippen LogP contribution in [0.3, 0.4) is 0 Å². The molecular weight excluding hydrogens is 624 g/mol. The molecule has 0 radical (unpaired) electrons. The molecule has 1 saturated carbocycles. The van der Waals surface area contributed by atoms with Gasteiger partial charge in [0.25, 0.3) is 5.88 Å². The number of anilines is 2. The molecule has 0 amide bonds. The third-order valence-corrected chi connectivity index (χ3v) is 8.98. The van der Waals surface area contributed by atoms with E-state index in [-0.39, 0.29) is 18.4 Å². The van der Waals surface area contributed by atoms with E-state index in [1.54, 1.807) is 35.9 Å². The summed E-state index contributed by atoms with van der Waals surface area (Å²) < 4.78 is 27.1. The number of morpholine rings is 1. The highest BCUT2D eigenvalue weighted by Gasteiger charge is 2.29. The van der Waals surface area contributed by atoms with Crippen molar-refractivity contribution in [3.63, 3.8) is 0 Å². The van der Waals surface area contributed by atoms with Gasteiger partial charge in [-0.2, -0.15) is 5.10 Å². The van der Waals surface area contributed by atoms with E-state index in [4.69, 9.17) is 35.6 Å². The number of rotatable bonds is 12. The van der Waals surface area contributed by atoms with Crippen molar-refractivity contribution in [1.82, 2.24) is 44.7 Å². The van der Waals surface area contributed by atoms with Crippen molar-refractivity contribution in [2.75, 3.05) is 38.2 Å². The normalized spacial score (nSPS) is 22.0. The monoisotopic (exact) mass is 662 g/mol. The van der Waals surface area contributed by atoms with Crippen LogP contribution >= 0.6 is 11.6 Å². The zero-order chi connectivity index (χ0) is 32.0. The third-order valence-electron chi connectivity index (χ3n) is 8.67. The summed E-state index contributed by atoms with van der Waals surface area (Å²) >= 11 is 6.47. The lowest BCUT2D eigenvalue weighted by molar-refractivity contribution is 0.00501. The van der Waals surface area contributed by atoms with E-state index < -0.39 is 0 Å². The van der Waals surface area contributed by atoms with E-state index in [2.05, 4.69) is 35.6 Å². The first-order valence-corrected chi connectivity index (χ1v) is 16.4. The van der Waals surface area contributed by atoms with Crippen LogP contribution in [0.4, 0.5) is 11.6 Å². The van der Waals surface area contributed by atoms with Crippen molar-refractivity contribution in [3.05, 3.63) is 66.9 Å². The summed E-state index contributed by atoms with van der Waals surface area (Å²) in [6.45, 7) is 6.49. The summed E-state index contributed by atoms with van der Waals surface area (Å²) in [6.07, 6.45) is 16.0. The summed E-state index contributed by atoms with van der Waals surface area (Å²) in [4.78, 5) is 15.8. The number of ether oxygens (including phenoxy) is 4. The van der Waals surface area contributed by atoms with Crippen molar-refractivity contribution < 1.29 is 18.9 Å². The van der Waals surface area contributed by atoms with Crippen molar-refractivity contribution in [1.29, 1.82) is 0 Å². The standard InChI is InChI=1S/C32H39ClN10O4/c1-22(17-42-21-34-20-38-42)47-29-14-23(2-7-27(29)33)24-15-36-32(37-16-24)39-28-18-43(40-31(28)46-19-30-35-8-11-45-30)26-5-3-25(4-6-26)41-9-12-44-13-10-41/h2,7-8,11,14-16,18,20-22,25-26,30,35H,3-6,9-10,12-13,17,19H2,1H3,(H,36,37,39)/t22-,25?,26?,30?/m0/s1. The Kier molecular flexibility index (Phi) is 9.68. The molecular formula is C32H39ClN10O4. The molecule has 1 aliphatic carbocycles. The maximum absolute atomic E-state index is 6.47. The summed E-state index contributed by atoms with van der Waals surface area (Å²) in [5.41, 5.74) is 2.40. The molecule has 7 rings (SSSR count). The van der Waals surface area contributed by atoms with Crippen LogP contribution in [0.2, 0.25) is 5.02 Å². The maximum Gasteiger partial charge on any atom is 0.257 e. The van der Waals surface area contributed by atoms with Crippen LogP contribution in [-0.2, 0) is 16.0 Å². The van der Waals surface area contributed by atoms with Crippen molar-refractivity contribution in [2.45, 2.75) is 63.6 Å². The quantitative estimate of drug-likeness (QED) is 0.222. The molecule has 248 valence electrons. The van der Waals surface area contributed by atoms with Crippen molar-refractivity contribution in [2.24, 2.45) is 0 Å². The molecule has 1 unspecified atom stereocenters. The van der Waals surface area contributed by atoms with Crippen LogP contribution in [-0.4, -0.2) is 90.7 Å². The highest BCUT2D eigenvalue weighted by atomic mass is 35.5. The van der Waals surface area contributed by atoms with E-state index in [0.29, 0.717) is 47.5 Å². The largest absolute Gasteiger partial charge is 0.487 e. The number of benzene rings is 1. The van der Waals surface area contributed by atoms with Gasteiger partial charge in [-0.3, -0.25) is 9.58 Å². The van der Waals surface area contributed by atoms with Crippen LogP contribution < -0.4 is 20.1 Å². The van der Waals surface area contributed by atoms with Crippen molar-refractivity contribution >= 4 is 23.2 Å². The Morgan fingerprint density at radius 1 is 1.09 bits per heavy atom. The fourth-order valence-electron chi connectivity index (χ4n) is 6.23. The first kappa shape index (κ1) is 31.2. The summed E-state index contributed by atoms with van der Waals surface area (Å²) in [7, 11) is 0. The molecule has 3 aromatic heterocycles. The number of aromatic nitrogens is 7. The van der Waals surface area contributed by atoms with Gasteiger partial charge in [0.2, 0.25) is 12.2 Å². The van der Waals surface area contributed by atoms with Gasteiger partial charge < -0.3 is 29.6 Å². The van der Waals surface area contributed by atoms with Gasteiger partial charge >= 0.3 is 0 Å². The van der Waals surface area contributed by atoms with Gasteiger partial charge in [0.15, 0.2) is 0 Å². The Hall–Kier alpha value is -4.40. The molecule has 2 atom stereocenters. The molecule has 2 N–H and O–H groups in total. The molecule has 2 fully saturated rings. The summed E-state index contributed by atoms with van der Waals surface area (Å²) in [5.74, 6) is 1.48. The Balaban J connectivity index is 1.03. The first-order valence-electron chi connectivity index (χ1n) is 16.1. The Labute approximate surface area is 278 Å². The molecule has 4 aromatic rings. The number of nitrogens with zero attached hydrogens (tertiary/aromatic N) is 8. The second kappa shape index (κ2) is 14.6. The molecule has 1 aromatic carbocycles. The predicted molar refractivity (Wildman–Crippen MR) is 174 cm³/mol. The molecule has 0 bridgehead atoms. The Bertz CT molecular complexity index is 1610. The molecule has 15 heteroatoms. The van der Waals surface area contributed by atoms with Gasteiger partial charge in [0.05, 0.1) is 37.0 Å². The zero-order valence-corrected chi connectivity index (χ0v) is 27.0. The molecule has 47 heavy (non-hydrogen) atoms. The fourth-order valence-corrected chi connectivity index (χ4v) is 6.39. The van der Waals surface area contributed by atoms with E-state index in [1.807, 2.05) is 36.0 Å². The molecule has 2 aliphatic heterocycles. The zero-order valence-electron chi connectivity index (χ0n) is 26.2. The van der Waals surface area contributed by atoms with Gasteiger partial charge in [0.1, 0.15) is 43.1 Å². The van der Waals surface area contributed by atoms with Crippen molar-refractivity contribution in [3.8, 4) is 22.8 Å². The molecule has 3 aliphatic rings. The van der Waals surface area contributed by atoms with Gasteiger partial charge in [-0.25, -0.2) is 19.6 Å². The fraction of sp³-hybridized carbons (Fsp3) is 0.469. The lowest BCUT2D eigenvalue weighted by atomic mass is 9.90. The highest BCUT2D eigenvalue weighted by molar-refractivity contribution is 6.32. The van der Waals surface area contributed by atoms with Gasteiger partial charge in [-0.05, 0) is 50.3 Å². The minimum Gasteiger partial charge on any atom is -0.487 e. The lowest BCUT2D eigenvalue weighted by Gasteiger charge is -2.38. The van der Waals surface area contributed by atoms with Crippen LogP contribution in [0.1, 0.15) is 38.6 Å². The van der Waals surface area contributed by atoms with Gasteiger partial charge in [0, 0.05) is 43.3 Å². The second-order valence-electron chi connectivity index (χ2n) is 12.0. The Morgan fingerprint density at radius 2 is 1.89 bits per heavy atom. The van der Waals surface area contributed by atoms with Crippen LogP contribution in [0.25, 0.3) is 11.1 Å². The van der Waals surface area contributed by atoms with Gasteiger partial charge in [-0.1, -0.05) is 17.7 Å². The minimum absolute atomic E-state index is 0.170. The predicted octanol–water partition coefficient (Wildman–Crippen LogP) is 4.41. The average Bonchev–Trinajstić information content (AvgIpc) is 3.89. The smallest absolute Gasteiger partial charge is 0.257 e. The maximum atomic E-state index is 6.47. The number of hydrogen-bond donors (Lipinski definition) is 2. The molecule has 5 heterocycles. The van der Waals surface area contributed by atoms with Crippen LogP contribution in [0, 0.1) is 0 Å². The molecule has 14 nitrogen and oxygen atoms in total. The summed E-state index contributed by atoms with van der Waals surface area (Å²) in [6, 6.07) is 6.52. The number of halogens is 1. The van der Waals surface area contributed by atoms with E-state index in [9.17, 15) is 0 Å². The van der Waals surface area contributed by atoms with Crippen LogP contribution in [0.15, 0.2) is 61.9 Å². The first-order chi connectivity index (χ1) is 23.1. The minimum atomic E-state index is -0.272. The average molecular weight is 663 g/mol. The van der Waals surface area contributed by atoms with E-state index in [0.717, 1.165) is 63.1 Å². The lowest BCUT2D eigenvalue weighted by Crippen LogP contribution is -2.45. The Morgan fingerprint density at radius 3 is 2.64 bits per heavy atom.